The molecule has 2 heterocycles. The Morgan fingerprint density at radius 1 is 0.697 bits per heavy atom. The van der Waals surface area contributed by atoms with Gasteiger partial charge in [-0.25, -0.2) is 0 Å². The fraction of sp³-hybridized carbons (Fsp3) is 0.185. The van der Waals surface area contributed by atoms with Gasteiger partial charge >= 0.3 is 0 Å². The van der Waals surface area contributed by atoms with Gasteiger partial charge in [-0.2, -0.15) is 0 Å². The van der Waals surface area contributed by atoms with Crippen LogP contribution >= 0.6 is 0 Å². The van der Waals surface area contributed by atoms with Crippen LogP contribution in [0, 0.1) is 11.8 Å². The topological polar surface area (TPSA) is 80.8 Å². The third-order valence-electron chi connectivity index (χ3n) is 6.92. The summed E-state index contributed by atoms with van der Waals surface area (Å²) < 4.78 is 6.24. The van der Waals surface area contributed by atoms with Crippen LogP contribution in [0.15, 0.2) is 84.9 Å². The SMILES string of the molecule is O=C1[C@H]2[C@@H](c3ccccc3)OC3(C(=O)c4ccccc4C3=O)[C@@H]2C(=O)N1Cc1ccccc1. The van der Waals surface area contributed by atoms with Crippen molar-refractivity contribution in [2.45, 2.75) is 18.2 Å². The molecular formula is C27H19NO5. The summed E-state index contributed by atoms with van der Waals surface area (Å²) in [5, 5.41) is 0. The lowest BCUT2D eigenvalue weighted by molar-refractivity contribution is -0.145. The largest absolute Gasteiger partial charge is 0.349 e. The number of rotatable bonds is 3. The molecule has 6 heteroatoms. The van der Waals surface area contributed by atoms with Crippen LogP contribution in [0.4, 0.5) is 0 Å². The number of carbonyl (C=O) groups excluding carboxylic acids is 4. The Bertz CT molecular complexity index is 1280. The van der Waals surface area contributed by atoms with Gasteiger partial charge < -0.3 is 4.74 Å². The van der Waals surface area contributed by atoms with Gasteiger partial charge in [-0.15, -0.1) is 0 Å². The van der Waals surface area contributed by atoms with Crippen LogP contribution in [0.1, 0.15) is 37.9 Å². The summed E-state index contributed by atoms with van der Waals surface area (Å²) in [5.74, 6) is -4.20. The molecule has 3 atom stereocenters. The van der Waals surface area contributed by atoms with Crippen LogP contribution in [0.2, 0.25) is 0 Å². The van der Waals surface area contributed by atoms with Gasteiger partial charge in [0.2, 0.25) is 29.0 Å². The molecule has 0 aromatic heterocycles. The second-order valence-corrected chi connectivity index (χ2v) is 8.64. The zero-order chi connectivity index (χ0) is 22.7. The van der Waals surface area contributed by atoms with Gasteiger partial charge in [-0.1, -0.05) is 84.9 Å². The van der Waals surface area contributed by atoms with Gasteiger partial charge in [0.1, 0.15) is 0 Å². The molecule has 3 aromatic rings. The number of amides is 2. The first-order chi connectivity index (χ1) is 16.0. The number of likely N-dealkylation sites (tertiary alicyclic amines) is 1. The van der Waals surface area contributed by atoms with E-state index in [0.717, 1.165) is 5.56 Å². The first-order valence-electron chi connectivity index (χ1n) is 10.8. The summed E-state index contributed by atoms with van der Waals surface area (Å²) in [6.07, 6.45) is -0.879. The van der Waals surface area contributed by atoms with E-state index in [1.165, 1.54) is 4.90 Å². The van der Waals surface area contributed by atoms with Crippen molar-refractivity contribution in [3.05, 3.63) is 107 Å². The van der Waals surface area contributed by atoms with Crippen molar-refractivity contribution in [3.63, 3.8) is 0 Å². The minimum Gasteiger partial charge on any atom is -0.349 e. The van der Waals surface area contributed by atoms with Crippen LogP contribution < -0.4 is 0 Å². The number of hydrogen-bond donors (Lipinski definition) is 0. The molecule has 0 saturated carbocycles. The lowest BCUT2D eigenvalue weighted by Crippen LogP contribution is -2.50. The Balaban J connectivity index is 1.50. The zero-order valence-electron chi connectivity index (χ0n) is 17.5. The third kappa shape index (κ3) is 2.58. The lowest BCUT2D eigenvalue weighted by atomic mass is 9.77. The highest BCUT2D eigenvalue weighted by Gasteiger charge is 2.74. The highest BCUT2D eigenvalue weighted by Crippen LogP contribution is 2.57. The standard InChI is InChI=1S/C27H19NO5/c29-23-18-13-7-8-14-19(18)24(30)27(23)21-20(22(33-27)17-11-5-2-6-12-17)25(31)28(26(21)32)15-16-9-3-1-4-10-16/h1-14,20-22H,15H2/t20-,21+,22-/m1/s1. The summed E-state index contributed by atoms with van der Waals surface area (Å²) in [6.45, 7) is 0.0818. The van der Waals surface area contributed by atoms with Gasteiger partial charge in [0.15, 0.2) is 0 Å². The van der Waals surface area contributed by atoms with E-state index >= 15 is 0 Å². The van der Waals surface area contributed by atoms with E-state index in [9.17, 15) is 19.2 Å². The molecule has 162 valence electrons. The minimum atomic E-state index is -2.02. The average molecular weight is 437 g/mol. The second kappa shape index (κ2) is 7.05. The number of Topliss-reactive ketones (excluding diaryl/α,β-unsaturated/α-hetero) is 2. The number of nitrogens with zero attached hydrogens (tertiary/aromatic N) is 1. The molecule has 0 N–H and O–H groups in total. The van der Waals surface area contributed by atoms with Crippen molar-refractivity contribution < 1.29 is 23.9 Å². The van der Waals surface area contributed by atoms with E-state index in [0.29, 0.717) is 5.56 Å². The number of ether oxygens (including phenoxy) is 1. The highest BCUT2D eigenvalue weighted by molar-refractivity contribution is 6.35. The molecule has 3 aliphatic rings. The number of hydrogen-bond acceptors (Lipinski definition) is 5. The molecule has 1 spiro atoms. The van der Waals surface area contributed by atoms with Crippen molar-refractivity contribution >= 4 is 23.4 Å². The number of ketones is 2. The van der Waals surface area contributed by atoms with Crippen molar-refractivity contribution in [2.24, 2.45) is 11.8 Å². The maximum Gasteiger partial charge on any atom is 0.237 e. The van der Waals surface area contributed by atoms with E-state index < -0.39 is 46.9 Å². The fourth-order valence-corrected chi connectivity index (χ4v) is 5.44. The van der Waals surface area contributed by atoms with E-state index in [2.05, 4.69) is 0 Å². The molecule has 0 unspecified atom stereocenters. The van der Waals surface area contributed by atoms with Gasteiger partial charge in [-0.05, 0) is 11.1 Å². The fourth-order valence-electron chi connectivity index (χ4n) is 5.44. The Morgan fingerprint density at radius 3 is 1.85 bits per heavy atom. The van der Waals surface area contributed by atoms with Gasteiger partial charge in [-0.3, -0.25) is 24.1 Å². The molecule has 1 aliphatic carbocycles. The Labute approximate surface area is 189 Å². The molecular weight excluding hydrogens is 418 g/mol. The quantitative estimate of drug-likeness (QED) is 0.464. The van der Waals surface area contributed by atoms with Crippen LogP contribution in [0.25, 0.3) is 0 Å². The first-order valence-corrected chi connectivity index (χ1v) is 10.8. The van der Waals surface area contributed by atoms with Gasteiger partial charge in [0, 0.05) is 11.1 Å². The van der Waals surface area contributed by atoms with Crippen molar-refractivity contribution in [1.29, 1.82) is 0 Å². The minimum absolute atomic E-state index is 0.0818. The number of fused-ring (bicyclic) bond motifs is 3. The van der Waals surface area contributed by atoms with Gasteiger partial charge in [0.05, 0.1) is 24.5 Å². The van der Waals surface area contributed by atoms with E-state index in [4.69, 9.17) is 4.74 Å². The van der Waals surface area contributed by atoms with Gasteiger partial charge in [0.25, 0.3) is 0 Å². The predicted molar refractivity (Wildman–Crippen MR) is 117 cm³/mol. The van der Waals surface area contributed by atoms with Crippen molar-refractivity contribution in [3.8, 4) is 0 Å². The average Bonchev–Trinajstić information content (AvgIpc) is 3.42. The molecule has 6 nitrogen and oxygen atoms in total. The monoisotopic (exact) mass is 437 g/mol. The molecule has 2 fully saturated rings. The van der Waals surface area contributed by atoms with Crippen molar-refractivity contribution in [1.82, 2.24) is 4.90 Å². The molecule has 2 aliphatic heterocycles. The lowest BCUT2D eigenvalue weighted by Gasteiger charge is -2.27. The van der Waals surface area contributed by atoms with Crippen LogP contribution in [0.3, 0.4) is 0 Å². The highest BCUT2D eigenvalue weighted by atomic mass is 16.5. The van der Waals surface area contributed by atoms with Crippen LogP contribution in [0.5, 0.6) is 0 Å². The molecule has 3 aromatic carbocycles. The number of benzene rings is 3. The summed E-state index contributed by atoms with van der Waals surface area (Å²) in [5.41, 5.74) is -0.109. The molecule has 2 saturated heterocycles. The smallest absolute Gasteiger partial charge is 0.237 e. The van der Waals surface area contributed by atoms with Crippen LogP contribution in [-0.4, -0.2) is 33.9 Å². The van der Waals surface area contributed by atoms with E-state index in [-0.39, 0.29) is 17.7 Å². The summed E-state index contributed by atoms with van der Waals surface area (Å²) in [7, 11) is 0. The first kappa shape index (κ1) is 19.8. The molecule has 2 amide bonds. The summed E-state index contributed by atoms with van der Waals surface area (Å²) in [4.78, 5) is 55.8. The van der Waals surface area contributed by atoms with Crippen molar-refractivity contribution in [2.75, 3.05) is 0 Å². The second-order valence-electron chi connectivity index (χ2n) is 8.64. The predicted octanol–water partition coefficient (Wildman–Crippen LogP) is 3.38. The zero-order valence-corrected chi connectivity index (χ0v) is 17.5. The van der Waals surface area contributed by atoms with E-state index in [1.54, 1.807) is 48.5 Å². The van der Waals surface area contributed by atoms with Crippen LogP contribution in [-0.2, 0) is 20.9 Å². The third-order valence-corrected chi connectivity index (χ3v) is 6.92. The molecule has 0 radical (unpaired) electrons. The molecule has 33 heavy (non-hydrogen) atoms. The maximum atomic E-state index is 13.7. The maximum absolute atomic E-state index is 13.7. The molecule has 0 bridgehead atoms. The summed E-state index contributed by atoms with van der Waals surface area (Å²) >= 11 is 0. The normalized spacial score (nSPS) is 25.1. The Hall–Kier alpha value is -3.90. The summed E-state index contributed by atoms with van der Waals surface area (Å²) in [6, 6.07) is 24.7. The molecule has 6 rings (SSSR count). The Morgan fingerprint density at radius 2 is 1.24 bits per heavy atom. The number of imide groups is 1. The Kier molecular flexibility index (Phi) is 4.22. The van der Waals surface area contributed by atoms with E-state index in [1.807, 2.05) is 36.4 Å². The number of carbonyl (C=O) groups is 4.